The Morgan fingerprint density at radius 1 is 1.23 bits per heavy atom. The molecule has 0 radical (unpaired) electrons. The van der Waals surface area contributed by atoms with E-state index in [1.165, 1.54) is 6.08 Å². The summed E-state index contributed by atoms with van der Waals surface area (Å²) in [6, 6.07) is 7.92. The summed E-state index contributed by atoms with van der Waals surface area (Å²) in [5.41, 5.74) is 0.984. The van der Waals surface area contributed by atoms with Crippen LogP contribution in [0.2, 0.25) is 0 Å². The van der Waals surface area contributed by atoms with Crippen molar-refractivity contribution in [1.82, 2.24) is 0 Å². The van der Waals surface area contributed by atoms with Gasteiger partial charge in [0.15, 0.2) is 0 Å². The molecule has 0 amide bonds. The molecule has 1 unspecified atom stereocenters. The highest BCUT2D eigenvalue weighted by atomic mass is 28.3. The van der Waals surface area contributed by atoms with Crippen molar-refractivity contribution in [3.8, 4) is 0 Å². The van der Waals surface area contributed by atoms with E-state index in [9.17, 15) is 4.79 Å². The fraction of sp³-hybridized carbons (Fsp3) is 0.471. The van der Waals surface area contributed by atoms with Crippen molar-refractivity contribution in [1.29, 1.82) is 0 Å². The number of ether oxygens (including phenoxy) is 1. The predicted octanol–water partition coefficient (Wildman–Crippen LogP) is 2.76. The number of esters is 1. The zero-order valence-electron chi connectivity index (χ0n) is 13.7. The second-order valence-electron chi connectivity index (χ2n) is 4.79. The number of hydrogen-bond donors (Lipinski definition) is 0. The molecular formula is C17H26O4Si. The number of carbonyl (C=O) groups excluding carboxylic acids is 1. The number of benzene rings is 1. The van der Waals surface area contributed by atoms with E-state index in [2.05, 4.69) is 13.5 Å². The standard InChI is InChI=1S/C17H26O4Si/c1-5-11-15(21-17(18)6-2)14-12-9-10-13-16(14)22(19-7-3)20-8-4/h6,9-10,12-13,15,22H,2,5,7-8,11H2,1,3-4H3. The molecule has 122 valence electrons. The third kappa shape index (κ3) is 5.40. The van der Waals surface area contributed by atoms with Crippen molar-refractivity contribution >= 4 is 20.4 Å². The van der Waals surface area contributed by atoms with Crippen LogP contribution >= 0.6 is 0 Å². The smallest absolute Gasteiger partial charge is 0.356 e. The maximum Gasteiger partial charge on any atom is 0.356 e. The lowest BCUT2D eigenvalue weighted by molar-refractivity contribution is -0.143. The molecule has 0 aliphatic carbocycles. The fourth-order valence-electron chi connectivity index (χ4n) is 2.28. The van der Waals surface area contributed by atoms with Gasteiger partial charge in [0.25, 0.3) is 0 Å². The molecule has 0 heterocycles. The topological polar surface area (TPSA) is 44.8 Å². The van der Waals surface area contributed by atoms with Gasteiger partial charge in [-0.2, -0.15) is 0 Å². The Bertz CT molecular complexity index is 469. The molecule has 0 saturated heterocycles. The summed E-state index contributed by atoms with van der Waals surface area (Å²) < 4.78 is 17.2. The Balaban J connectivity index is 3.13. The van der Waals surface area contributed by atoms with E-state index in [1.807, 2.05) is 38.1 Å². The lowest BCUT2D eigenvalue weighted by atomic mass is 10.1. The third-order valence-corrected chi connectivity index (χ3v) is 5.51. The van der Waals surface area contributed by atoms with E-state index in [1.54, 1.807) is 0 Å². The van der Waals surface area contributed by atoms with E-state index < -0.39 is 15.3 Å². The first-order chi connectivity index (χ1) is 10.7. The van der Waals surface area contributed by atoms with E-state index in [-0.39, 0.29) is 6.10 Å². The van der Waals surface area contributed by atoms with Crippen molar-refractivity contribution in [3.63, 3.8) is 0 Å². The van der Waals surface area contributed by atoms with Crippen molar-refractivity contribution in [2.45, 2.75) is 39.7 Å². The molecule has 0 fully saturated rings. The summed E-state index contributed by atoms with van der Waals surface area (Å²) in [5, 5.41) is 1.04. The molecule has 0 saturated carbocycles. The van der Waals surface area contributed by atoms with Crippen molar-refractivity contribution in [3.05, 3.63) is 42.5 Å². The lowest BCUT2D eigenvalue weighted by Gasteiger charge is -2.23. The Labute approximate surface area is 134 Å². The second-order valence-corrected chi connectivity index (χ2v) is 6.74. The molecule has 22 heavy (non-hydrogen) atoms. The average molecular weight is 322 g/mol. The van der Waals surface area contributed by atoms with Crippen LogP contribution in [0.3, 0.4) is 0 Å². The first-order valence-corrected chi connectivity index (χ1v) is 9.34. The predicted molar refractivity (Wildman–Crippen MR) is 90.4 cm³/mol. The number of rotatable bonds is 10. The van der Waals surface area contributed by atoms with Crippen LogP contribution in [0, 0.1) is 0 Å². The summed E-state index contributed by atoms with van der Waals surface area (Å²) in [7, 11) is -1.98. The summed E-state index contributed by atoms with van der Waals surface area (Å²) in [4.78, 5) is 11.6. The van der Waals surface area contributed by atoms with Crippen LogP contribution in [0.25, 0.3) is 0 Å². The van der Waals surface area contributed by atoms with Crippen LogP contribution in [-0.2, 0) is 18.4 Å². The molecule has 4 nitrogen and oxygen atoms in total. The van der Waals surface area contributed by atoms with Gasteiger partial charge in [-0.25, -0.2) is 4.79 Å². The lowest BCUT2D eigenvalue weighted by Crippen LogP contribution is -2.40. The minimum atomic E-state index is -1.98. The minimum absolute atomic E-state index is 0.289. The van der Waals surface area contributed by atoms with Gasteiger partial charge in [0, 0.05) is 19.3 Å². The fourth-order valence-corrected chi connectivity index (χ4v) is 4.16. The Hall–Kier alpha value is -1.43. The molecule has 5 heteroatoms. The van der Waals surface area contributed by atoms with E-state index in [4.69, 9.17) is 13.6 Å². The summed E-state index contributed by atoms with van der Waals surface area (Å²) >= 11 is 0. The second kappa shape index (κ2) is 10.3. The number of carbonyl (C=O) groups is 1. The van der Waals surface area contributed by atoms with Crippen LogP contribution in [0.5, 0.6) is 0 Å². The molecule has 0 N–H and O–H groups in total. The molecule has 0 aliphatic rings. The van der Waals surface area contributed by atoms with Gasteiger partial charge in [0.1, 0.15) is 6.10 Å². The Kier molecular flexibility index (Phi) is 8.73. The highest BCUT2D eigenvalue weighted by Crippen LogP contribution is 2.22. The molecule has 1 rings (SSSR count). The first-order valence-electron chi connectivity index (χ1n) is 7.82. The largest absolute Gasteiger partial charge is 0.454 e. The van der Waals surface area contributed by atoms with Crippen molar-refractivity contribution in [2.24, 2.45) is 0 Å². The normalized spacial score (nSPS) is 12.2. The molecule has 1 aromatic rings. The average Bonchev–Trinajstić information content (AvgIpc) is 2.54. The summed E-state index contributed by atoms with van der Waals surface area (Å²) in [6.45, 7) is 10.7. The minimum Gasteiger partial charge on any atom is -0.454 e. The van der Waals surface area contributed by atoms with E-state index in [0.717, 1.165) is 23.6 Å². The Morgan fingerprint density at radius 3 is 2.41 bits per heavy atom. The highest BCUT2D eigenvalue weighted by molar-refractivity contribution is 6.61. The molecular weight excluding hydrogens is 296 g/mol. The monoisotopic (exact) mass is 322 g/mol. The molecule has 1 atom stereocenters. The zero-order chi connectivity index (χ0) is 16.4. The Morgan fingerprint density at radius 2 is 1.86 bits per heavy atom. The van der Waals surface area contributed by atoms with Gasteiger partial charge in [0.05, 0.1) is 0 Å². The van der Waals surface area contributed by atoms with Gasteiger partial charge >= 0.3 is 15.3 Å². The quantitative estimate of drug-likeness (QED) is 0.377. The maximum atomic E-state index is 11.6. The van der Waals surface area contributed by atoms with E-state index in [0.29, 0.717) is 13.2 Å². The van der Waals surface area contributed by atoms with Gasteiger partial charge in [-0.3, -0.25) is 0 Å². The van der Waals surface area contributed by atoms with Crippen LogP contribution < -0.4 is 5.19 Å². The maximum absolute atomic E-state index is 11.6. The molecule has 0 bridgehead atoms. The van der Waals surface area contributed by atoms with Crippen LogP contribution in [0.1, 0.15) is 45.3 Å². The van der Waals surface area contributed by atoms with Gasteiger partial charge in [-0.1, -0.05) is 44.2 Å². The molecule has 1 aromatic carbocycles. The SMILES string of the molecule is C=CC(=O)OC(CCC)c1ccccc1[SiH](OCC)OCC. The van der Waals surface area contributed by atoms with Crippen molar-refractivity contribution < 1.29 is 18.4 Å². The molecule has 0 aromatic heterocycles. The van der Waals surface area contributed by atoms with Gasteiger partial charge in [0.2, 0.25) is 0 Å². The van der Waals surface area contributed by atoms with Crippen molar-refractivity contribution in [2.75, 3.05) is 13.2 Å². The van der Waals surface area contributed by atoms with Crippen LogP contribution in [-0.4, -0.2) is 28.5 Å². The van der Waals surface area contributed by atoms with Gasteiger partial charge < -0.3 is 13.6 Å². The highest BCUT2D eigenvalue weighted by Gasteiger charge is 2.25. The molecule has 0 spiro atoms. The van der Waals surface area contributed by atoms with Crippen LogP contribution in [0.4, 0.5) is 0 Å². The van der Waals surface area contributed by atoms with Gasteiger partial charge in [-0.05, 0) is 31.0 Å². The summed E-state index contributed by atoms with van der Waals surface area (Å²) in [6.07, 6.45) is 2.59. The first kappa shape index (κ1) is 18.6. The third-order valence-electron chi connectivity index (χ3n) is 3.21. The number of hydrogen-bond acceptors (Lipinski definition) is 4. The summed E-state index contributed by atoms with van der Waals surface area (Å²) in [5.74, 6) is -0.403. The van der Waals surface area contributed by atoms with Gasteiger partial charge in [-0.15, -0.1) is 0 Å². The molecule has 0 aliphatic heterocycles. The zero-order valence-corrected chi connectivity index (χ0v) is 14.9. The van der Waals surface area contributed by atoms with E-state index >= 15 is 0 Å². The van der Waals surface area contributed by atoms with Crippen LogP contribution in [0.15, 0.2) is 36.9 Å².